The van der Waals surface area contributed by atoms with Gasteiger partial charge in [0.15, 0.2) is 5.83 Å². The largest absolute Gasteiger partial charge is 0.384 e. The Balaban J connectivity index is 2.25. The molecule has 0 spiro atoms. The second-order valence-corrected chi connectivity index (χ2v) is 2.78. The van der Waals surface area contributed by atoms with Crippen molar-refractivity contribution in [3.63, 3.8) is 0 Å². The van der Waals surface area contributed by atoms with E-state index in [1.165, 1.54) is 6.20 Å². The summed E-state index contributed by atoms with van der Waals surface area (Å²) in [7, 11) is 0. The van der Waals surface area contributed by atoms with Gasteiger partial charge in [0.05, 0.1) is 17.8 Å². The molecule has 0 aromatic carbocycles. The van der Waals surface area contributed by atoms with Crippen molar-refractivity contribution in [2.75, 3.05) is 0 Å². The summed E-state index contributed by atoms with van der Waals surface area (Å²) in [5, 5.41) is 2.95. The van der Waals surface area contributed by atoms with Crippen LogP contribution in [0.4, 0.5) is 4.39 Å². The van der Waals surface area contributed by atoms with E-state index in [-0.39, 0.29) is 5.83 Å². The molecule has 0 aromatic rings. The minimum Gasteiger partial charge on any atom is -0.384 e. The van der Waals surface area contributed by atoms with E-state index < -0.39 is 0 Å². The first kappa shape index (κ1) is 5.89. The third kappa shape index (κ3) is 0.818. The molecule has 10 heavy (non-hydrogen) atoms. The first-order chi connectivity index (χ1) is 4.77. The Morgan fingerprint density at radius 1 is 1.80 bits per heavy atom. The summed E-state index contributed by atoms with van der Waals surface area (Å²) in [4.78, 5) is 4.14. The first-order valence-corrected chi connectivity index (χ1v) is 3.44. The summed E-state index contributed by atoms with van der Waals surface area (Å²) in [6, 6.07) is 0.743. The van der Waals surface area contributed by atoms with E-state index in [4.69, 9.17) is 0 Å². The average Bonchev–Trinajstić information content (AvgIpc) is 2.61. The molecule has 1 N–H and O–H groups in total. The van der Waals surface area contributed by atoms with Gasteiger partial charge in [-0.2, -0.15) is 0 Å². The van der Waals surface area contributed by atoms with Crippen LogP contribution >= 0.6 is 0 Å². The second-order valence-electron chi connectivity index (χ2n) is 2.78. The Kier molecular flexibility index (Phi) is 1.07. The van der Waals surface area contributed by atoms with Crippen molar-refractivity contribution in [1.82, 2.24) is 5.32 Å². The fourth-order valence-electron chi connectivity index (χ4n) is 1.10. The molecule has 1 fully saturated rings. The van der Waals surface area contributed by atoms with Gasteiger partial charge >= 0.3 is 0 Å². The predicted molar refractivity (Wildman–Crippen MR) is 37.6 cm³/mol. The number of halogens is 1. The highest BCUT2D eigenvalue weighted by Gasteiger charge is 2.37. The van der Waals surface area contributed by atoms with Crippen LogP contribution in [0.15, 0.2) is 17.0 Å². The molecule has 1 saturated carbocycles. The van der Waals surface area contributed by atoms with E-state index in [1.54, 1.807) is 6.92 Å². The molecule has 0 saturated heterocycles. The summed E-state index contributed by atoms with van der Waals surface area (Å²) in [6.07, 6.45) is 2.47. The van der Waals surface area contributed by atoms with Gasteiger partial charge in [0, 0.05) is 6.20 Å². The second kappa shape index (κ2) is 1.81. The molecule has 0 aromatic heterocycles. The van der Waals surface area contributed by atoms with Gasteiger partial charge in [-0.25, -0.2) is 4.39 Å². The van der Waals surface area contributed by atoms with Gasteiger partial charge in [0.1, 0.15) is 0 Å². The zero-order valence-electron chi connectivity index (χ0n) is 5.76. The Labute approximate surface area is 58.8 Å². The van der Waals surface area contributed by atoms with E-state index in [0.717, 1.165) is 6.42 Å². The van der Waals surface area contributed by atoms with Crippen molar-refractivity contribution < 1.29 is 4.39 Å². The Morgan fingerprint density at radius 3 is 3.40 bits per heavy atom. The van der Waals surface area contributed by atoms with Gasteiger partial charge < -0.3 is 5.32 Å². The summed E-state index contributed by atoms with van der Waals surface area (Å²) in [5.41, 5.74) is 0.525. The summed E-state index contributed by atoms with van der Waals surface area (Å²) >= 11 is 0. The van der Waals surface area contributed by atoms with Crippen LogP contribution in [0.2, 0.25) is 0 Å². The lowest BCUT2D eigenvalue weighted by atomic mass is 10.4. The van der Waals surface area contributed by atoms with Crippen LogP contribution in [0.25, 0.3) is 0 Å². The predicted octanol–water partition coefficient (Wildman–Crippen LogP) is 1.00. The molecule has 1 aliphatic carbocycles. The van der Waals surface area contributed by atoms with Crippen molar-refractivity contribution >= 4 is 5.71 Å². The normalized spacial score (nSPS) is 36.6. The van der Waals surface area contributed by atoms with Crippen molar-refractivity contribution in [2.24, 2.45) is 4.99 Å². The third-order valence-electron chi connectivity index (χ3n) is 1.89. The Hall–Kier alpha value is -0.860. The van der Waals surface area contributed by atoms with Crippen LogP contribution in [-0.2, 0) is 0 Å². The summed E-state index contributed by atoms with van der Waals surface area (Å²) in [5.74, 6) is -0.229. The third-order valence-corrected chi connectivity index (χ3v) is 1.89. The topological polar surface area (TPSA) is 24.4 Å². The highest BCUT2D eigenvalue weighted by Crippen LogP contribution is 2.28. The maximum atomic E-state index is 12.7. The molecular formula is C7H9FN2. The van der Waals surface area contributed by atoms with Crippen molar-refractivity contribution in [3.05, 3.63) is 12.0 Å². The molecule has 54 valence electrons. The molecule has 2 aliphatic rings. The molecule has 2 unspecified atom stereocenters. The highest BCUT2D eigenvalue weighted by atomic mass is 19.1. The van der Waals surface area contributed by atoms with Gasteiger partial charge in [-0.1, -0.05) is 0 Å². The first-order valence-electron chi connectivity index (χ1n) is 3.44. The van der Waals surface area contributed by atoms with E-state index in [2.05, 4.69) is 10.3 Å². The minimum absolute atomic E-state index is 0.229. The molecule has 0 amide bonds. The molecule has 0 bridgehead atoms. The van der Waals surface area contributed by atoms with E-state index in [1.807, 2.05) is 0 Å². The van der Waals surface area contributed by atoms with Crippen LogP contribution in [-0.4, -0.2) is 17.8 Å². The van der Waals surface area contributed by atoms with Crippen LogP contribution in [0.1, 0.15) is 13.3 Å². The SMILES string of the molecule is CC1=NC2CC2NC=C1F. The summed E-state index contributed by atoms with van der Waals surface area (Å²) < 4.78 is 12.7. The lowest BCUT2D eigenvalue weighted by Crippen LogP contribution is -2.10. The van der Waals surface area contributed by atoms with Crippen LogP contribution in [0.5, 0.6) is 0 Å². The smallest absolute Gasteiger partial charge is 0.159 e. The monoisotopic (exact) mass is 140 g/mol. The number of fused-ring (bicyclic) bond motifs is 1. The number of hydrogen-bond acceptors (Lipinski definition) is 2. The van der Waals surface area contributed by atoms with Crippen LogP contribution in [0, 0.1) is 0 Å². The summed E-state index contributed by atoms with van der Waals surface area (Å²) in [6.45, 7) is 1.70. The van der Waals surface area contributed by atoms with E-state index in [0.29, 0.717) is 17.8 Å². The van der Waals surface area contributed by atoms with Gasteiger partial charge in [0.2, 0.25) is 0 Å². The number of nitrogens with one attached hydrogen (secondary N) is 1. The number of nitrogens with zero attached hydrogens (tertiary/aromatic N) is 1. The van der Waals surface area contributed by atoms with E-state index in [9.17, 15) is 4.39 Å². The maximum Gasteiger partial charge on any atom is 0.159 e. The molecule has 1 heterocycles. The molecule has 1 aliphatic heterocycles. The zero-order chi connectivity index (χ0) is 7.14. The zero-order valence-corrected chi connectivity index (χ0v) is 5.76. The van der Waals surface area contributed by atoms with Gasteiger partial charge in [0.25, 0.3) is 0 Å². The standard InChI is InChI=1S/C7H9FN2/c1-4-5(8)3-9-6-2-7(6)10-4/h3,6-7,9H,2H2,1H3. The lowest BCUT2D eigenvalue weighted by molar-refractivity contribution is 0.666. The minimum atomic E-state index is -0.229. The van der Waals surface area contributed by atoms with Crippen LogP contribution in [0.3, 0.4) is 0 Å². The number of aliphatic imine (C=N–C) groups is 1. The lowest BCUT2D eigenvalue weighted by Gasteiger charge is -1.92. The number of allylic oxidation sites excluding steroid dienone is 1. The van der Waals surface area contributed by atoms with E-state index >= 15 is 0 Å². The van der Waals surface area contributed by atoms with Gasteiger partial charge in [-0.05, 0) is 13.3 Å². The Bertz CT molecular complexity index is 220. The highest BCUT2D eigenvalue weighted by molar-refractivity contribution is 5.96. The molecule has 2 rings (SSSR count). The maximum absolute atomic E-state index is 12.7. The molecular weight excluding hydrogens is 131 g/mol. The van der Waals surface area contributed by atoms with Crippen molar-refractivity contribution in [2.45, 2.75) is 25.4 Å². The molecule has 3 heteroatoms. The van der Waals surface area contributed by atoms with Gasteiger partial charge in [-0.3, -0.25) is 4.99 Å². The van der Waals surface area contributed by atoms with Crippen molar-refractivity contribution in [3.8, 4) is 0 Å². The fourth-order valence-corrected chi connectivity index (χ4v) is 1.10. The average molecular weight is 140 g/mol. The van der Waals surface area contributed by atoms with Crippen molar-refractivity contribution in [1.29, 1.82) is 0 Å². The number of hydrogen-bond donors (Lipinski definition) is 1. The number of rotatable bonds is 0. The fraction of sp³-hybridized carbons (Fsp3) is 0.571. The molecule has 0 radical (unpaired) electrons. The quantitative estimate of drug-likeness (QED) is 0.533. The van der Waals surface area contributed by atoms with Crippen LogP contribution < -0.4 is 5.32 Å². The molecule has 2 atom stereocenters. The molecule has 2 nitrogen and oxygen atoms in total. The van der Waals surface area contributed by atoms with Gasteiger partial charge in [-0.15, -0.1) is 0 Å². The Morgan fingerprint density at radius 2 is 2.60 bits per heavy atom.